The van der Waals surface area contributed by atoms with Gasteiger partial charge in [0.2, 0.25) is 5.95 Å². The topological polar surface area (TPSA) is 119 Å². The SMILES string of the molecule is COCc1ccccc1NS(=O)(=O)c1cnc(NN)nc1. The number of nitrogens with zero attached hydrogens (tertiary/aromatic N) is 2. The zero-order valence-corrected chi connectivity index (χ0v) is 12.1. The number of anilines is 2. The molecule has 1 heterocycles. The van der Waals surface area contributed by atoms with Crippen LogP contribution >= 0.6 is 0 Å². The molecule has 21 heavy (non-hydrogen) atoms. The van der Waals surface area contributed by atoms with Crippen LogP contribution < -0.4 is 16.0 Å². The molecule has 0 spiro atoms. The molecule has 0 unspecified atom stereocenters. The van der Waals surface area contributed by atoms with Gasteiger partial charge in [-0.25, -0.2) is 24.2 Å². The Kier molecular flexibility index (Phi) is 4.68. The molecule has 2 aromatic rings. The summed E-state index contributed by atoms with van der Waals surface area (Å²) in [6.45, 7) is 0.297. The first-order valence-electron chi connectivity index (χ1n) is 5.95. The van der Waals surface area contributed by atoms with Crippen LogP contribution in [0.5, 0.6) is 0 Å². The molecule has 0 bridgehead atoms. The van der Waals surface area contributed by atoms with Gasteiger partial charge in [0.05, 0.1) is 24.7 Å². The zero-order valence-electron chi connectivity index (χ0n) is 11.3. The summed E-state index contributed by atoms with van der Waals surface area (Å²) in [5.74, 6) is 5.26. The lowest BCUT2D eigenvalue weighted by Crippen LogP contribution is -2.16. The number of sulfonamides is 1. The molecular weight excluding hydrogens is 294 g/mol. The summed E-state index contributed by atoms with van der Waals surface area (Å²) in [6.07, 6.45) is 2.34. The van der Waals surface area contributed by atoms with Gasteiger partial charge in [0.25, 0.3) is 10.0 Å². The van der Waals surface area contributed by atoms with Gasteiger partial charge in [-0.2, -0.15) is 0 Å². The quantitative estimate of drug-likeness (QED) is 0.531. The van der Waals surface area contributed by atoms with E-state index in [0.717, 1.165) is 5.56 Å². The number of methoxy groups -OCH3 is 1. The van der Waals surface area contributed by atoms with E-state index in [1.807, 2.05) is 0 Å². The molecule has 2 rings (SSSR count). The molecule has 0 aliphatic heterocycles. The molecule has 0 atom stereocenters. The van der Waals surface area contributed by atoms with Crippen LogP contribution in [0.3, 0.4) is 0 Å². The summed E-state index contributed by atoms with van der Waals surface area (Å²) < 4.78 is 32.1. The number of hydrazine groups is 1. The maximum Gasteiger partial charge on any atom is 0.264 e. The van der Waals surface area contributed by atoms with E-state index in [1.165, 1.54) is 19.5 Å². The third-order valence-electron chi connectivity index (χ3n) is 2.63. The van der Waals surface area contributed by atoms with Gasteiger partial charge in [-0.05, 0) is 6.07 Å². The van der Waals surface area contributed by atoms with Gasteiger partial charge in [-0.15, -0.1) is 0 Å². The molecule has 0 aliphatic rings. The number of hydrogen-bond donors (Lipinski definition) is 3. The standard InChI is InChI=1S/C12H15N5O3S/c1-20-8-9-4-2-3-5-11(9)17-21(18,19)10-6-14-12(16-13)15-7-10/h2-7,17H,8,13H2,1H3,(H,14,15,16). The second-order valence-electron chi connectivity index (χ2n) is 4.08. The van der Waals surface area contributed by atoms with Gasteiger partial charge in [0, 0.05) is 12.7 Å². The molecule has 9 heteroatoms. The summed E-state index contributed by atoms with van der Waals surface area (Å²) in [4.78, 5) is 7.48. The largest absolute Gasteiger partial charge is 0.380 e. The highest BCUT2D eigenvalue weighted by Crippen LogP contribution is 2.20. The molecule has 0 saturated heterocycles. The van der Waals surface area contributed by atoms with Crippen molar-refractivity contribution < 1.29 is 13.2 Å². The minimum absolute atomic E-state index is 0.0614. The fourth-order valence-electron chi connectivity index (χ4n) is 1.63. The number of nitrogen functional groups attached to an aromatic ring is 1. The number of hydrogen-bond acceptors (Lipinski definition) is 7. The highest BCUT2D eigenvalue weighted by atomic mass is 32.2. The van der Waals surface area contributed by atoms with Crippen molar-refractivity contribution in [2.45, 2.75) is 11.5 Å². The first-order valence-corrected chi connectivity index (χ1v) is 7.43. The fraction of sp³-hybridized carbons (Fsp3) is 0.167. The summed E-state index contributed by atoms with van der Waals surface area (Å²) in [6, 6.07) is 6.97. The highest BCUT2D eigenvalue weighted by Gasteiger charge is 2.17. The molecule has 112 valence electrons. The van der Waals surface area contributed by atoms with Gasteiger partial charge in [0.15, 0.2) is 0 Å². The molecule has 1 aromatic carbocycles. The average Bonchev–Trinajstić information content (AvgIpc) is 2.49. The maximum atomic E-state index is 12.3. The van der Waals surface area contributed by atoms with Gasteiger partial charge in [-0.3, -0.25) is 10.1 Å². The Morgan fingerprint density at radius 3 is 2.52 bits per heavy atom. The average molecular weight is 309 g/mol. The lowest BCUT2D eigenvalue weighted by Gasteiger charge is -2.11. The number of benzene rings is 1. The van der Waals surface area contributed by atoms with E-state index in [2.05, 4.69) is 20.1 Å². The van der Waals surface area contributed by atoms with E-state index in [-0.39, 0.29) is 10.8 Å². The Balaban J connectivity index is 2.28. The summed E-state index contributed by atoms with van der Waals surface area (Å²) in [7, 11) is -2.24. The monoisotopic (exact) mass is 309 g/mol. The number of nitrogens with two attached hydrogens (primary N) is 1. The van der Waals surface area contributed by atoms with Crippen molar-refractivity contribution in [3.63, 3.8) is 0 Å². The summed E-state index contributed by atoms with van der Waals surface area (Å²) >= 11 is 0. The number of aromatic nitrogens is 2. The normalized spacial score (nSPS) is 11.1. The predicted octanol–water partition coefficient (Wildman–Crippen LogP) is 0.709. The molecular formula is C12H15N5O3S. The van der Waals surface area contributed by atoms with Crippen molar-refractivity contribution in [1.29, 1.82) is 0 Å². The third kappa shape index (κ3) is 3.66. The van der Waals surface area contributed by atoms with Gasteiger partial charge >= 0.3 is 0 Å². The zero-order chi connectivity index (χ0) is 15.3. The van der Waals surface area contributed by atoms with Gasteiger partial charge < -0.3 is 4.74 Å². The maximum absolute atomic E-state index is 12.3. The van der Waals surface area contributed by atoms with E-state index in [9.17, 15) is 8.42 Å². The number of rotatable bonds is 6. The third-order valence-corrected chi connectivity index (χ3v) is 3.95. The van der Waals surface area contributed by atoms with Crippen LogP contribution in [0.25, 0.3) is 0 Å². The Morgan fingerprint density at radius 1 is 1.24 bits per heavy atom. The van der Waals surface area contributed by atoms with Gasteiger partial charge in [0.1, 0.15) is 4.90 Å². The molecule has 0 aliphatic carbocycles. The fourth-order valence-corrected chi connectivity index (χ4v) is 2.62. The lowest BCUT2D eigenvalue weighted by atomic mass is 10.2. The Labute approximate surface area is 122 Å². The van der Waals surface area contributed by atoms with Crippen LogP contribution in [0.4, 0.5) is 11.6 Å². The van der Waals surface area contributed by atoms with Crippen LogP contribution in [-0.4, -0.2) is 25.5 Å². The second kappa shape index (κ2) is 6.48. The molecule has 0 radical (unpaired) electrons. The van der Waals surface area contributed by atoms with Crippen LogP contribution in [0.15, 0.2) is 41.6 Å². The van der Waals surface area contributed by atoms with Crippen molar-refractivity contribution >= 4 is 21.7 Å². The Hall–Kier alpha value is -2.23. The van der Waals surface area contributed by atoms with Crippen LogP contribution in [-0.2, 0) is 21.4 Å². The number of nitrogens with one attached hydrogen (secondary N) is 2. The van der Waals surface area contributed by atoms with Gasteiger partial charge in [-0.1, -0.05) is 18.2 Å². The lowest BCUT2D eigenvalue weighted by molar-refractivity contribution is 0.185. The Bertz CT molecular complexity index is 703. The molecule has 0 fully saturated rings. The molecule has 8 nitrogen and oxygen atoms in total. The smallest absolute Gasteiger partial charge is 0.264 e. The molecule has 0 amide bonds. The van der Waals surface area contributed by atoms with Crippen molar-refractivity contribution in [1.82, 2.24) is 9.97 Å². The molecule has 1 aromatic heterocycles. The Morgan fingerprint density at radius 2 is 1.90 bits per heavy atom. The first kappa shape index (κ1) is 15.2. The summed E-state index contributed by atoms with van der Waals surface area (Å²) in [5, 5.41) is 0. The minimum atomic E-state index is -3.78. The predicted molar refractivity (Wildman–Crippen MR) is 77.8 cm³/mol. The van der Waals surface area contributed by atoms with Crippen molar-refractivity contribution in [3.05, 3.63) is 42.2 Å². The van der Waals surface area contributed by atoms with Crippen LogP contribution in [0, 0.1) is 0 Å². The molecule has 4 N–H and O–H groups in total. The van der Waals surface area contributed by atoms with E-state index in [4.69, 9.17) is 10.6 Å². The minimum Gasteiger partial charge on any atom is -0.380 e. The van der Waals surface area contributed by atoms with Crippen molar-refractivity contribution in [2.24, 2.45) is 5.84 Å². The van der Waals surface area contributed by atoms with Crippen LogP contribution in [0.2, 0.25) is 0 Å². The van der Waals surface area contributed by atoms with Crippen molar-refractivity contribution in [3.8, 4) is 0 Å². The van der Waals surface area contributed by atoms with Crippen LogP contribution in [0.1, 0.15) is 5.56 Å². The van der Waals surface area contributed by atoms with E-state index < -0.39 is 10.0 Å². The summed E-state index contributed by atoms with van der Waals surface area (Å²) in [5.41, 5.74) is 3.40. The van der Waals surface area contributed by atoms with E-state index >= 15 is 0 Å². The second-order valence-corrected chi connectivity index (χ2v) is 5.76. The molecule has 0 saturated carbocycles. The highest BCUT2D eigenvalue weighted by molar-refractivity contribution is 7.92. The number of ether oxygens (including phenoxy) is 1. The number of para-hydroxylation sites is 1. The van der Waals surface area contributed by atoms with E-state index in [1.54, 1.807) is 24.3 Å². The van der Waals surface area contributed by atoms with Crippen molar-refractivity contribution in [2.75, 3.05) is 17.3 Å². The first-order chi connectivity index (χ1) is 10.1. The van der Waals surface area contributed by atoms with E-state index in [0.29, 0.717) is 12.3 Å².